The van der Waals surface area contributed by atoms with Crippen LogP contribution in [-0.2, 0) is 4.79 Å². The second-order valence-corrected chi connectivity index (χ2v) is 6.59. The molecule has 0 bridgehead atoms. The van der Waals surface area contributed by atoms with E-state index in [1.165, 1.54) is 23.5 Å². The summed E-state index contributed by atoms with van der Waals surface area (Å²) >= 11 is 2.46. The molecule has 0 saturated carbocycles. The number of nitrogens with zero attached hydrogens (tertiary/aromatic N) is 1. The molecule has 0 aliphatic carbocycles. The average Bonchev–Trinajstić information content (AvgIpc) is 3.02. The van der Waals surface area contributed by atoms with Gasteiger partial charge in [0.2, 0.25) is 5.91 Å². The molecule has 2 heterocycles. The number of aromatic amines is 1. The molecule has 0 spiro atoms. The lowest BCUT2D eigenvalue weighted by Gasteiger charge is -2.05. The number of H-pyrrole nitrogens is 1. The molecule has 1 aromatic carbocycles. The van der Waals surface area contributed by atoms with E-state index in [9.17, 15) is 14.4 Å². The predicted octanol–water partition coefficient (Wildman–Crippen LogP) is 2.41. The van der Waals surface area contributed by atoms with E-state index in [0.717, 1.165) is 11.8 Å². The van der Waals surface area contributed by atoms with Crippen LogP contribution < -0.4 is 10.9 Å². The number of fused-ring (bicyclic) bond motifs is 1. The number of rotatable bonds is 5. The second-order valence-electron chi connectivity index (χ2n) is 4.73. The van der Waals surface area contributed by atoms with E-state index in [0.29, 0.717) is 21.1 Å². The third-order valence-electron chi connectivity index (χ3n) is 3.05. The summed E-state index contributed by atoms with van der Waals surface area (Å²) in [6.45, 7) is 0. The van der Waals surface area contributed by atoms with Gasteiger partial charge in [0.15, 0.2) is 5.16 Å². The van der Waals surface area contributed by atoms with Crippen molar-refractivity contribution >= 4 is 50.9 Å². The molecular weight excluding hydrogens is 350 g/mol. The Bertz CT molecular complexity index is 980. The van der Waals surface area contributed by atoms with Crippen LogP contribution in [0.3, 0.4) is 0 Å². The van der Waals surface area contributed by atoms with Crippen LogP contribution in [0.2, 0.25) is 0 Å². The van der Waals surface area contributed by atoms with Crippen molar-refractivity contribution in [3.8, 4) is 0 Å². The number of benzene rings is 1. The summed E-state index contributed by atoms with van der Waals surface area (Å²) in [5, 5.41) is 14.2. The van der Waals surface area contributed by atoms with Gasteiger partial charge in [-0.3, -0.25) is 9.59 Å². The number of hydrogen-bond acceptors (Lipinski definition) is 6. The molecule has 122 valence electrons. The van der Waals surface area contributed by atoms with Crippen molar-refractivity contribution in [3.05, 3.63) is 51.6 Å². The number of thioether (sulfide) groups is 1. The Morgan fingerprint density at radius 2 is 2.17 bits per heavy atom. The van der Waals surface area contributed by atoms with Gasteiger partial charge in [-0.1, -0.05) is 17.8 Å². The van der Waals surface area contributed by atoms with Crippen LogP contribution in [0, 0.1) is 0 Å². The fraction of sp³-hybridized carbons (Fsp3) is 0.0667. The summed E-state index contributed by atoms with van der Waals surface area (Å²) in [5.74, 6) is -1.35. The molecule has 24 heavy (non-hydrogen) atoms. The molecule has 0 saturated heterocycles. The van der Waals surface area contributed by atoms with Crippen LogP contribution >= 0.6 is 23.1 Å². The number of anilines is 1. The van der Waals surface area contributed by atoms with Gasteiger partial charge in [0.1, 0.15) is 4.83 Å². The zero-order valence-electron chi connectivity index (χ0n) is 12.1. The Kier molecular flexibility index (Phi) is 4.63. The summed E-state index contributed by atoms with van der Waals surface area (Å²) in [6.07, 6.45) is 0. The lowest BCUT2D eigenvalue weighted by atomic mass is 10.2. The number of amides is 1. The molecule has 9 heteroatoms. The smallest absolute Gasteiger partial charge is 0.335 e. The first kappa shape index (κ1) is 16.2. The molecule has 2 aromatic heterocycles. The fourth-order valence-corrected chi connectivity index (χ4v) is 3.46. The molecule has 0 unspecified atom stereocenters. The maximum atomic E-state index is 12.0. The highest BCUT2D eigenvalue weighted by Crippen LogP contribution is 2.19. The second kappa shape index (κ2) is 6.85. The predicted molar refractivity (Wildman–Crippen MR) is 93.0 cm³/mol. The van der Waals surface area contributed by atoms with Crippen molar-refractivity contribution in [1.82, 2.24) is 9.97 Å². The molecule has 1 amide bonds. The molecule has 0 radical (unpaired) electrons. The van der Waals surface area contributed by atoms with Crippen molar-refractivity contribution in [2.45, 2.75) is 5.16 Å². The van der Waals surface area contributed by atoms with Crippen molar-refractivity contribution in [1.29, 1.82) is 0 Å². The van der Waals surface area contributed by atoms with Gasteiger partial charge in [0.25, 0.3) is 5.56 Å². The summed E-state index contributed by atoms with van der Waals surface area (Å²) in [4.78, 5) is 42.2. The number of carboxylic acid groups (broad SMARTS) is 1. The standard InChI is InChI=1S/C15H11N3O4S2/c19-11(16-9-3-1-2-8(6-9)14(21)22)7-24-15-17-12(20)10-4-5-23-13(10)18-15/h1-6H,7H2,(H,16,19)(H,21,22)(H,17,18,20). The molecule has 0 aliphatic heterocycles. The highest BCUT2D eigenvalue weighted by atomic mass is 32.2. The maximum absolute atomic E-state index is 12.0. The first-order valence-corrected chi connectivity index (χ1v) is 8.63. The van der Waals surface area contributed by atoms with E-state index in [1.54, 1.807) is 23.6 Å². The van der Waals surface area contributed by atoms with E-state index < -0.39 is 5.97 Å². The van der Waals surface area contributed by atoms with Crippen molar-refractivity contribution in [3.63, 3.8) is 0 Å². The lowest BCUT2D eigenvalue weighted by molar-refractivity contribution is -0.113. The average molecular weight is 361 g/mol. The molecule has 0 aliphatic rings. The third-order valence-corrected chi connectivity index (χ3v) is 4.73. The monoisotopic (exact) mass is 361 g/mol. The van der Waals surface area contributed by atoms with Crippen LogP contribution in [0.25, 0.3) is 10.2 Å². The van der Waals surface area contributed by atoms with Crippen LogP contribution in [0.4, 0.5) is 5.69 Å². The number of nitrogens with one attached hydrogen (secondary N) is 2. The molecule has 3 rings (SSSR count). The Morgan fingerprint density at radius 1 is 1.33 bits per heavy atom. The van der Waals surface area contributed by atoms with Crippen molar-refractivity contribution < 1.29 is 14.7 Å². The topological polar surface area (TPSA) is 112 Å². The Balaban J connectivity index is 1.65. The van der Waals surface area contributed by atoms with Crippen molar-refractivity contribution in [2.75, 3.05) is 11.1 Å². The molecule has 3 aromatic rings. The number of carbonyl (C=O) groups excluding carboxylic acids is 1. The van der Waals surface area contributed by atoms with Gasteiger partial charge in [0, 0.05) is 5.69 Å². The van der Waals surface area contributed by atoms with E-state index >= 15 is 0 Å². The van der Waals surface area contributed by atoms with Crippen LogP contribution in [0.1, 0.15) is 10.4 Å². The molecule has 7 nitrogen and oxygen atoms in total. The minimum atomic E-state index is -1.06. The molecule has 3 N–H and O–H groups in total. The summed E-state index contributed by atoms with van der Waals surface area (Å²) < 4.78 is 0. The fourth-order valence-electron chi connectivity index (χ4n) is 1.97. The maximum Gasteiger partial charge on any atom is 0.335 e. The Labute approximate surface area is 143 Å². The molecule has 0 fully saturated rings. The van der Waals surface area contributed by atoms with Gasteiger partial charge in [-0.05, 0) is 29.6 Å². The number of aromatic nitrogens is 2. The van der Waals surface area contributed by atoms with Gasteiger partial charge >= 0.3 is 5.97 Å². The van der Waals surface area contributed by atoms with Gasteiger partial charge < -0.3 is 15.4 Å². The van der Waals surface area contributed by atoms with Gasteiger partial charge in [-0.2, -0.15) is 0 Å². The van der Waals surface area contributed by atoms with Crippen LogP contribution in [-0.4, -0.2) is 32.7 Å². The van der Waals surface area contributed by atoms with E-state index in [4.69, 9.17) is 5.11 Å². The largest absolute Gasteiger partial charge is 0.478 e. The zero-order valence-corrected chi connectivity index (χ0v) is 13.7. The Hall–Kier alpha value is -2.65. The van der Waals surface area contributed by atoms with Crippen LogP contribution in [0.5, 0.6) is 0 Å². The van der Waals surface area contributed by atoms with Crippen LogP contribution in [0.15, 0.2) is 45.7 Å². The molecular formula is C15H11N3O4S2. The number of carbonyl (C=O) groups is 2. The first-order valence-electron chi connectivity index (χ1n) is 6.76. The summed E-state index contributed by atoms with van der Waals surface area (Å²) in [5.41, 5.74) is 0.253. The minimum Gasteiger partial charge on any atom is -0.478 e. The number of carboxylic acids is 1. The van der Waals surface area contributed by atoms with Gasteiger partial charge in [-0.25, -0.2) is 9.78 Å². The number of thiophene rings is 1. The minimum absolute atomic E-state index is 0.0388. The van der Waals surface area contributed by atoms with E-state index in [-0.39, 0.29) is 22.8 Å². The van der Waals surface area contributed by atoms with E-state index in [2.05, 4.69) is 15.3 Å². The number of aromatic carboxylic acids is 1. The zero-order chi connectivity index (χ0) is 17.1. The number of hydrogen-bond donors (Lipinski definition) is 3. The third kappa shape index (κ3) is 3.63. The van der Waals surface area contributed by atoms with Gasteiger partial charge in [0.05, 0.1) is 16.7 Å². The summed E-state index contributed by atoms with van der Waals surface area (Å²) in [6, 6.07) is 7.67. The molecule has 0 atom stereocenters. The SMILES string of the molecule is O=C(CSc1nc2sccc2c(=O)[nH]1)Nc1cccc(C(=O)O)c1. The quantitative estimate of drug-likeness (QED) is 0.475. The highest BCUT2D eigenvalue weighted by molar-refractivity contribution is 7.99. The first-order chi connectivity index (χ1) is 11.5. The van der Waals surface area contributed by atoms with E-state index in [1.807, 2.05) is 0 Å². The Morgan fingerprint density at radius 3 is 2.96 bits per heavy atom. The van der Waals surface area contributed by atoms with Gasteiger partial charge in [-0.15, -0.1) is 11.3 Å². The lowest BCUT2D eigenvalue weighted by Crippen LogP contribution is -2.15. The normalized spacial score (nSPS) is 10.7. The summed E-state index contributed by atoms with van der Waals surface area (Å²) in [7, 11) is 0. The van der Waals surface area contributed by atoms with Crippen molar-refractivity contribution in [2.24, 2.45) is 0 Å². The highest BCUT2D eigenvalue weighted by Gasteiger charge is 2.09.